The molecule has 1 aromatic carbocycles. The zero-order valence-electron chi connectivity index (χ0n) is 12.0. The lowest BCUT2D eigenvalue weighted by Crippen LogP contribution is -2.44. The highest BCUT2D eigenvalue weighted by Gasteiger charge is 2.47. The van der Waals surface area contributed by atoms with Crippen LogP contribution in [0.25, 0.3) is 0 Å². The number of carbonyl (C=O) groups excluding carboxylic acids is 1. The van der Waals surface area contributed by atoms with Gasteiger partial charge in [0.2, 0.25) is 5.91 Å². The van der Waals surface area contributed by atoms with Gasteiger partial charge in [-0.25, -0.2) is 0 Å². The summed E-state index contributed by atoms with van der Waals surface area (Å²) in [4.78, 5) is 14.9. The van der Waals surface area contributed by atoms with Crippen molar-refractivity contribution in [1.29, 1.82) is 0 Å². The number of benzene rings is 1. The average molecular weight is 292 g/mol. The van der Waals surface area contributed by atoms with Crippen LogP contribution in [0.15, 0.2) is 24.3 Å². The summed E-state index contributed by atoms with van der Waals surface area (Å²) in [6.45, 7) is 3.14. The van der Waals surface area contributed by atoms with E-state index in [-0.39, 0.29) is 5.92 Å². The van der Waals surface area contributed by atoms with Crippen LogP contribution in [0, 0.1) is 5.92 Å². The molecule has 2 nitrogen and oxygen atoms in total. The van der Waals surface area contributed by atoms with Gasteiger partial charge in [-0.15, -0.1) is 0 Å². The van der Waals surface area contributed by atoms with Crippen molar-refractivity contribution < 1.29 is 4.79 Å². The molecule has 20 heavy (non-hydrogen) atoms. The fraction of sp³-hybridized carbons (Fsp3) is 0.588. The lowest BCUT2D eigenvalue weighted by molar-refractivity contribution is -0.136. The fourth-order valence-electron chi connectivity index (χ4n) is 3.52. The average Bonchev–Trinajstić information content (AvgIpc) is 3.27. The predicted molar refractivity (Wildman–Crippen MR) is 81.9 cm³/mol. The summed E-state index contributed by atoms with van der Waals surface area (Å²) in [6.07, 6.45) is 5.64. The number of hydrogen-bond acceptors (Lipinski definition) is 1. The molecule has 1 saturated heterocycles. The van der Waals surface area contributed by atoms with Gasteiger partial charge in [0, 0.05) is 23.5 Å². The maximum absolute atomic E-state index is 12.7. The summed E-state index contributed by atoms with van der Waals surface area (Å²) in [7, 11) is 0. The highest BCUT2D eigenvalue weighted by atomic mass is 35.5. The van der Waals surface area contributed by atoms with Crippen molar-refractivity contribution in [1.82, 2.24) is 4.90 Å². The SMILES string of the molecule is CCC1CCCCN1C(=O)C1CC1c1ccccc1Cl. The van der Waals surface area contributed by atoms with Crippen LogP contribution in [0.4, 0.5) is 0 Å². The molecule has 2 fully saturated rings. The van der Waals surface area contributed by atoms with Gasteiger partial charge in [0.1, 0.15) is 0 Å². The van der Waals surface area contributed by atoms with E-state index in [4.69, 9.17) is 11.6 Å². The molecule has 0 N–H and O–H groups in total. The Hall–Kier alpha value is -1.02. The molecule has 2 aliphatic rings. The molecule has 0 bridgehead atoms. The Balaban J connectivity index is 1.69. The second-order valence-corrected chi connectivity index (χ2v) is 6.47. The second-order valence-electron chi connectivity index (χ2n) is 6.06. The Bertz CT molecular complexity index is 502. The smallest absolute Gasteiger partial charge is 0.226 e. The van der Waals surface area contributed by atoms with E-state index in [2.05, 4.69) is 17.9 Å². The topological polar surface area (TPSA) is 20.3 Å². The molecular formula is C17H22ClNO. The summed E-state index contributed by atoms with van der Waals surface area (Å²) in [5, 5.41) is 0.804. The quantitative estimate of drug-likeness (QED) is 0.816. The number of nitrogens with zero attached hydrogens (tertiary/aromatic N) is 1. The largest absolute Gasteiger partial charge is 0.339 e. The minimum atomic E-state index is 0.169. The molecule has 1 amide bonds. The number of hydrogen-bond donors (Lipinski definition) is 0. The molecule has 1 heterocycles. The number of likely N-dealkylation sites (tertiary alicyclic amines) is 1. The molecule has 1 saturated carbocycles. The Morgan fingerprint density at radius 3 is 2.90 bits per heavy atom. The molecule has 108 valence electrons. The Morgan fingerprint density at radius 2 is 2.15 bits per heavy atom. The predicted octanol–water partition coefficient (Wildman–Crippen LogP) is 4.23. The van der Waals surface area contributed by atoms with Gasteiger partial charge in [-0.3, -0.25) is 4.79 Å². The van der Waals surface area contributed by atoms with Gasteiger partial charge in [0.15, 0.2) is 0 Å². The van der Waals surface area contributed by atoms with Crippen LogP contribution >= 0.6 is 11.6 Å². The third-order valence-corrected chi connectivity index (χ3v) is 5.14. The molecule has 0 aromatic heterocycles. The van der Waals surface area contributed by atoms with Crippen molar-refractivity contribution in [3.63, 3.8) is 0 Å². The van der Waals surface area contributed by atoms with Crippen molar-refractivity contribution >= 4 is 17.5 Å². The number of amides is 1. The van der Waals surface area contributed by atoms with Crippen LogP contribution in [-0.2, 0) is 4.79 Å². The standard InChI is InChI=1S/C17H22ClNO/c1-2-12-7-5-6-10-19(12)17(20)15-11-14(15)13-8-3-4-9-16(13)18/h3-4,8-9,12,14-15H,2,5-7,10-11H2,1H3. The fourth-order valence-corrected chi connectivity index (χ4v) is 3.79. The molecule has 1 aliphatic heterocycles. The molecule has 0 radical (unpaired) electrons. The van der Waals surface area contributed by atoms with E-state index in [1.54, 1.807) is 0 Å². The first-order valence-corrected chi connectivity index (χ1v) is 8.15. The van der Waals surface area contributed by atoms with Gasteiger partial charge in [-0.05, 0) is 49.7 Å². The summed E-state index contributed by atoms with van der Waals surface area (Å²) < 4.78 is 0. The molecule has 3 rings (SSSR count). The van der Waals surface area contributed by atoms with Gasteiger partial charge in [0.25, 0.3) is 0 Å². The van der Waals surface area contributed by atoms with E-state index in [0.717, 1.165) is 36.4 Å². The Labute approximate surface area is 126 Å². The van der Waals surface area contributed by atoms with Crippen molar-refractivity contribution in [2.24, 2.45) is 5.92 Å². The summed E-state index contributed by atoms with van der Waals surface area (Å²) >= 11 is 6.25. The van der Waals surface area contributed by atoms with Crippen LogP contribution < -0.4 is 0 Å². The van der Waals surface area contributed by atoms with Crippen LogP contribution in [0.3, 0.4) is 0 Å². The molecule has 1 aromatic rings. The van der Waals surface area contributed by atoms with E-state index in [1.165, 1.54) is 12.8 Å². The van der Waals surface area contributed by atoms with Crippen LogP contribution in [0.1, 0.15) is 50.5 Å². The summed E-state index contributed by atoms with van der Waals surface area (Å²) in [5.41, 5.74) is 1.15. The number of piperidine rings is 1. The van der Waals surface area contributed by atoms with Gasteiger partial charge in [-0.2, -0.15) is 0 Å². The molecule has 1 aliphatic carbocycles. The molecule has 3 heteroatoms. The lowest BCUT2D eigenvalue weighted by atomic mass is 9.99. The highest BCUT2D eigenvalue weighted by molar-refractivity contribution is 6.31. The number of halogens is 1. The molecular weight excluding hydrogens is 270 g/mol. The highest BCUT2D eigenvalue weighted by Crippen LogP contribution is 2.50. The zero-order chi connectivity index (χ0) is 14.1. The first kappa shape index (κ1) is 13.9. The number of carbonyl (C=O) groups is 1. The lowest BCUT2D eigenvalue weighted by Gasteiger charge is -2.35. The van der Waals surface area contributed by atoms with Crippen molar-refractivity contribution in [3.05, 3.63) is 34.9 Å². The van der Waals surface area contributed by atoms with E-state index < -0.39 is 0 Å². The molecule has 3 atom stereocenters. The van der Waals surface area contributed by atoms with Gasteiger partial charge >= 0.3 is 0 Å². The molecule has 0 spiro atoms. The first-order valence-electron chi connectivity index (χ1n) is 7.77. The third kappa shape index (κ3) is 2.58. The number of rotatable bonds is 3. The van der Waals surface area contributed by atoms with E-state index in [1.807, 2.05) is 18.2 Å². The van der Waals surface area contributed by atoms with Gasteiger partial charge in [-0.1, -0.05) is 36.7 Å². The third-order valence-electron chi connectivity index (χ3n) is 4.79. The van der Waals surface area contributed by atoms with E-state index >= 15 is 0 Å². The van der Waals surface area contributed by atoms with Crippen LogP contribution in [0.5, 0.6) is 0 Å². The van der Waals surface area contributed by atoms with Crippen molar-refractivity contribution in [3.8, 4) is 0 Å². The van der Waals surface area contributed by atoms with Crippen molar-refractivity contribution in [2.45, 2.75) is 51.0 Å². The van der Waals surface area contributed by atoms with E-state index in [9.17, 15) is 4.79 Å². The first-order chi connectivity index (χ1) is 9.72. The maximum atomic E-state index is 12.7. The van der Waals surface area contributed by atoms with Gasteiger partial charge < -0.3 is 4.90 Å². The normalized spacial score (nSPS) is 29.3. The van der Waals surface area contributed by atoms with Crippen LogP contribution in [-0.4, -0.2) is 23.4 Å². The van der Waals surface area contributed by atoms with E-state index in [0.29, 0.717) is 17.9 Å². The summed E-state index contributed by atoms with van der Waals surface area (Å²) in [5.74, 6) is 0.874. The minimum absolute atomic E-state index is 0.169. The van der Waals surface area contributed by atoms with Crippen LogP contribution in [0.2, 0.25) is 5.02 Å². The minimum Gasteiger partial charge on any atom is -0.339 e. The maximum Gasteiger partial charge on any atom is 0.226 e. The molecule has 3 unspecified atom stereocenters. The van der Waals surface area contributed by atoms with Crippen molar-refractivity contribution in [2.75, 3.05) is 6.54 Å². The second kappa shape index (κ2) is 5.77. The van der Waals surface area contributed by atoms with Gasteiger partial charge in [0.05, 0.1) is 0 Å². The zero-order valence-corrected chi connectivity index (χ0v) is 12.8. The Kier molecular flexibility index (Phi) is 4.02. The monoisotopic (exact) mass is 291 g/mol. The Morgan fingerprint density at radius 1 is 1.35 bits per heavy atom. The summed E-state index contributed by atoms with van der Waals surface area (Å²) in [6, 6.07) is 8.41.